The highest BCUT2D eigenvalue weighted by atomic mass is 16.1. The summed E-state index contributed by atoms with van der Waals surface area (Å²) in [6.07, 6.45) is 5.31. The highest BCUT2D eigenvalue weighted by Gasteiger charge is 2.25. The predicted octanol–water partition coefficient (Wildman–Crippen LogP) is 4.29. The number of rotatable bonds is 4. The first-order valence-electron chi connectivity index (χ1n) is 11.6. The minimum atomic E-state index is -0.102. The van der Waals surface area contributed by atoms with Gasteiger partial charge in [-0.1, -0.05) is 30.3 Å². The Hall–Kier alpha value is -4.13. The topological polar surface area (TPSA) is 75.9 Å². The number of hydrogen-bond acceptors (Lipinski definition) is 4. The fourth-order valence-electron chi connectivity index (χ4n) is 5.23. The van der Waals surface area contributed by atoms with Gasteiger partial charge in [-0.05, 0) is 43.2 Å². The maximum atomic E-state index is 13.4. The molecule has 1 aliphatic heterocycles. The number of benzene rings is 2. The molecule has 5 aromatic rings. The van der Waals surface area contributed by atoms with E-state index in [1.165, 1.54) is 0 Å². The Bertz CT molecular complexity index is 1580. The summed E-state index contributed by atoms with van der Waals surface area (Å²) >= 11 is 0. The van der Waals surface area contributed by atoms with Crippen molar-refractivity contribution in [3.63, 3.8) is 0 Å². The van der Waals surface area contributed by atoms with Crippen molar-refractivity contribution in [3.8, 4) is 0 Å². The number of anilines is 1. The number of ketones is 1. The van der Waals surface area contributed by atoms with Gasteiger partial charge in [0.15, 0.2) is 11.4 Å². The normalized spacial score (nSPS) is 14.8. The lowest BCUT2D eigenvalue weighted by Crippen LogP contribution is -2.37. The van der Waals surface area contributed by atoms with Gasteiger partial charge in [-0.2, -0.15) is 0 Å². The maximum Gasteiger partial charge on any atom is 0.327 e. The Kier molecular flexibility index (Phi) is 4.83. The van der Waals surface area contributed by atoms with E-state index in [0.717, 1.165) is 53.6 Å². The first kappa shape index (κ1) is 20.5. The number of aromatic amines is 1. The molecule has 0 aliphatic carbocycles. The Morgan fingerprint density at radius 1 is 1.00 bits per heavy atom. The van der Waals surface area contributed by atoms with Crippen molar-refractivity contribution in [2.75, 3.05) is 18.0 Å². The molecular formula is C27H25N5O2. The molecule has 2 aromatic carbocycles. The summed E-state index contributed by atoms with van der Waals surface area (Å²) in [5.41, 5.74) is 4.89. The second kappa shape index (κ2) is 8.02. The van der Waals surface area contributed by atoms with Gasteiger partial charge >= 0.3 is 5.69 Å². The van der Waals surface area contributed by atoms with Gasteiger partial charge in [-0.15, -0.1) is 0 Å². The lowest BCUT2D eigenvalue weighted by atomic mass is 10.0. The third-order valence-corrected chi connectivity index (χ3v) is 6.93. The van der Waals surface area contributed by atoms with E-state index >= 15 is 0 Å². The molecule has 1 N–H and O–H groups in total. The molecular weight excluding hydrogens is 426 g/mol. The number of hydrogen-bond donors (Lipinski definition) is 1. The van der Waals surface area contributed by atoms with E-state index in [2.05, 4.69) is 20.9 Å². The fraction of sp³-hybridized carbons (Fsp3) is 0.222. The van der Waals surface area contributed by atoms with Crippen LogP contribution in [0.25, 0.3) is 22.1 Å². The third kappa shape index (κ3) is 3.32. The summed E-state index contributed by atoms with van der Waals surface area (Å²) in [5, 5.41) is 0.972. The van der Waals surface area contributed by atoms with E-state index in [4.69, 9.17) is 0 Å². The number of nitrogens with one attached hydrogen (secondary N) is 1. The molecule has 3 aromatic heterocycles. The van der Waals surface area contributed by atoms with Crippen molar-refractivity contribution in [1.29, 1.82) is 0 Å². The van der Waals surface area contributed by atoms with E-state index in [-0.39, 0.29) is 17.5 Å². The summed E-state index contributed by atoms with van der Waals surface area (Å²) in [6.45, 7) is 1.63. The number of carbonyl (C=O) groups is 1. The van der Waals surface area contributed by atoms with E-state index < -0.39 is 0 Å². The van der Waals surface area contributed by atoms with Crippen LogP contribution in [0.15, 0.2) is 77.9 Å². The standard InChI is InChI=1S/C27H25N5O2/c1-30-17-22(21-8-2-3-9-23(21)30)25(33)18-6-4-7-20(16-18)31-14-11-19(12-15-31)32-24-10-5-13-28-26(24)29-27(32)34/h2-10,13,16-17,19H,11-12,14-15H2,1H3,(H,28,29,34). The summed E-state index contributed by atoms with van der Waals surface area (Å²) in [6, 6.07) is 19.8. The molecule has 0 radical (unpaired) electrons. The lowest BCUT2D eigenvalue weighted by Gasteiger charge is -2.34. The van der Waals surface area contributed by atoms with Crippen molar-refractivity contribution in [1.82, 2.24) is 19.1 Å². The van der Waals surface area contributed by atoms with E-state index in [1.807, 2.05) is 77.0 Å². The molecule has 0 atom stereocenters. The zero-order valence-electron chi connectivity index (χ0n) is 18.9. The Balaban J connectivity index is 1.24. The quantitative estimate of drug-likeness (QED) is 0.414. The lowest BCUT2D eigenvalue weighted by molar-refractivity contribution is 0.104. The van der Waals surface area contributed by atoms with E-state index in [0.29, 0.717) is 11.2 Å². The first-order chi connectivity index (χ1) is 16.6. The maximum absolute atomic E-state index is 13.4. The average molecular weight is 452 g/mol. The summed E-state index contributed by atoms with van der Waals surface area (Å²) < 4.78 is 3.85. The number of carbonyl (C=O) groups excluding carboxylic acids is 1. The van der Waals surface area contributed by atoms with Crippen LogP contribution in [-0.2, 0) is 7.05 Å². The number of nitrogens with zero attached hydrogens (tertiary/aromatic N) is 4. The molecule has 4 heterocycles. The SMILES string of the molecule is Cn1cc(C(=O)c2cccc(N3CCC(n4c(=O)[nH]c5ncccc54)CC3)c2)c2ccccc21. The molecule has 1 aliphatic rings. The molecule has 170 valence electrons. The van der Waals surface area contributed by atoms with Gasteiger partial charge in [0.1, 0.15) is 0 Å². The van der Waals surface area contributed by atoms with Crippen LogP contribution < -0.4 is 10.6 Å². The summed E-state index contributed by atoms with van der Waals surface area (Å²) in [5.74, 6) is 0.0337. The van der Waals surface area contributed by atoms with E-state index in [1.54, 1.807) is 6.20 Å². The molecule has 1 saturated heterocycles. The number of H-pyrrole nitrogens is 1. The van der Waals surface area contributed by atoms with Gasteiger partial charge in [-0.3, -0.25) is 14.3 Å². The third-order valence-electron chi connectivity index (χ3n) is 6.93. The van der Waals surface area contributed by atoms with Crippen molar-refractivity contribution in [3.05, 3.63) is 94.7 Å². The second-order valence-corrected chi connectivity index (χ2v) is 8.94. The molecule has 0 unspecified atom stereocenters. The van der Waals surface area contributed by atoms with Crippen LogP contribution in [0, 0.1) is 0 Å². The molecule has 7 nitrogen and oxygen atoms in total. The van der Waals surface area contributed by atoms with Gasteiger partial charge in [0.2, 0.25) is 0 Å². The van der Waals surface area contributed by atoms with Crippen LogP contribution in [-0.4, -0.2) is 38.0 Å². The Labute approximate surface area is 196 Å². The van der Waals surface area contributed by atoms with Gasteiger partial charge in [0, 0.05) is 66.3 Å². The van der Waals surface area contributed by atoms with Crippen LogP contribution >= 0.6 is 0 Å². The number of imidazole rings is 1. The van der Waals surface area contributed by atoms with Crippen LogP contribution in [0.4, 0.5) is 5.69 Å². The van der Waals surface area contributed by atoms with Crippen LogP contribution in [0.2, 0.25) is 0 Å². The fourth-order valence-corrected chi connectivity index (χ4v) is 5.23. The number of pyridine rings is 1. The van der Waals surface area contributed by atoms with Crippen LogP contribution in [0.1, 0.15) is 34.8 Å². The molecule has 0 bridgehead atoms. The van der Waals surface area contributed by atoms with E-state index in [9.17, 15) is 9.59 Å². The zero-order valence-corrected chi connectivity index (χ0v) is 18.9. The van der Waals surface area contributed by atoms with Crippen molar-refractivity contribution in [2.24, 2.45) is 7.05 Å². The predicted molar refractivity (Wildman–Crippen MR) is 134 cm³/mol. The van der Waals surface area contributed by atoms with Gasteiger partial charge in [-0.25, -0.2) is 9.78 Å². The molecule has 0 amide bonds. The number of aromatic nitrogens is 4. The molecule has 34 heavy (non-hydrogen) atoms. The van der Waals surface area contributed by atoms with Gasteiger partial charge in [0.25, 0.3) is 0 Å². The van der Waals surface area contributed by atoms with Crippen molar-refractivity contribution in [2.45, 2.75) is 18.9 Å². The number of piperidine rings is 1. The molecule has 6 rings (SSSR count). The minimum absolute atomic E-state index is 0.0337. The zero-order chi connectivity index (χ0) is 23.2. The highest BCUT2D eigenvalue weighted by Crippen LogP contribution is 2.29. The minimum Gasteiger partial charge on any atom is -0.371 e. The van der Waals surface area contributed by atoms with Crippen LogP contribution in [0.3, 0.4) is 0 Å². The number of para-hydroxylation sites is 1. The van der Waals surface area contributed by atoms with Crippen molar-refractivity contribution < 1.29 is 4.79 Å². The summed E-state index contributed by atoms with van der Waals surface area (Å²) in [4.78, 5) is 35.4. The Morgan fingerprint density at radius 2 is 1.79 bits per heavy atom. The monoisotopic (exact) mass is 451 g/mol. The number of aryl methyl sites for hydroxylation is 1. The summed E-state index contributed by atoms with van der Waals surface area (Å²) in [7, 11) is 1.97. The molecule has 7 heteroatoms. The highest BCUT2D eigenvalue weighted by molar-refractivity contribution is 6.16. The van der Waals surface area contributed by atoms with Crippen molar-refractivity contribution >= 4 is 33.5 Å². The molecule has 1 fully saturated rings. The Morgan fingerprint density at radius 3 is 2.65 bits per heavy atom. The molecule has 0 spiro atoms. The molecule has 0 saturated carbocycles. The second-order valence-electron chi connectivity index (χ2n) is 8.94. The van der Waals surface area contributed by atoms with Gasteiger partial charge in [0.05, 0.1) is 5.52 Å². The first-order valence-corrected chi connectivity index (χ1v) is 11.6. The average Bonchev–Trinajstić information content (AvgIpc) is 3.40. The smallest absolute Gasteiger partial charge is 0.327 e. The van der Waals surface area contributed by atoms with Gasteiger partial charge < -0.3 is 9.47 Å². The largest absolute Gasteiger partial charge is 0.371 e. The number of fused-ring (bicyclic) bond motifs is 2. The van der Waals surface area contributed by atoms with Crippen LogP contribution in [0.5, 0.6) is 0 Å².